The van der Waals surface area contributed by atoms with Gasteiger partial charge in [0.2, 0.25) is 0 Å². The molecule has 0 atom stereocenters. The van der Waals surface area contributed by atoms with Crippen LogP contribution >= 0.6 is 22.9 Å². The van der Waals surface area contributed by atoms with E-state index in [-0.39, 0.29) is 0 Å². The van der Waals surface area contributed by atoms with Crippen LogP contribution in [-0.4, -0.2) is 17.2 Å². The molecule has 2 aromatic rings. The molecule has 6 heteroatoms. The van der Waals surface area contributed by atoms with Crippen molar-refractivity contribution in [1.82, 2.24) is 15.5 Å². The molecule has 0 saturated carbocycles. The third-order valence-corrected chi connectivity index (χ3v) is 3.10. The number of benzene rings is 1. The topological polar surface area (TPSA) is 47.0 Å². The summed E-state index contributed by atoms with van der Waals surface area (Å²) in [6, 6.07) is 7.56. The Morgan fingerprint density at radius 1 is 1.41 bits per heavy atom. The molecule has 17 heavy (non-hydrogen) atoms. The molecule has 0 aliphatic heterocycles. The van der Waals surface area contributed by atoms with Crippen molar-refractivity contribution in [2.75, 3.05) is 7.05 Å². The van der Waals surface area contributed by atoms with Gasteiger partial charge in [0.15, 0.2) is 0 Å². The predicted octanol–water partition coefficient (Wildman–Crippen LogP) is 2.49. The minimum absolute atomic E-state index is 0.453. The van der Waals surface area contributed by atoms with Crippen LogP contribution in [0.15, 0.2) is 24.3 Å². The SMILES string of the molecule is CNCc1nnc(OCc2cccc(Cl)c2)s1. The smallest absolute Gasteiger partial charge is 0.294 e. The van der Waals surface area contributed by atoms with Gasteiger partial charge in [0.1, 0.15) is 11.6 Å². The summed E-state index contributed by atoms with van der Waals surface area (Å²) in [5.74, 6) is 0. The second-order valence-electron chi connectivity index (χ2n) is 3.41. The van der Waals surface area contributed by atoms with Gasteiger partial charge in [-0.05, 0) is 24.7 Å². The summed E-state index contributed by atoms with van der Waals surface area (Å²) in [5, 5.41) is 13.1. The quantitative estimate of drug-likeness (QED) is 0.906. The molecule has 0 saturated heterocycles. The van der Waals surface area contributed by atoms with Crippen molar-refractivity contribution in [3.8, 4) is 5.19 Å². The van der Waals surface area contributed by atoms with E-state index in [1.165, 1.54) is 11.3 Å². The predicted molar refractivity (Wildman–Crippen MR) is 68.5 cm³/mol. The van der Waals surface area contributed by atoms with Crippen LogP contribution < -0.4 is 10.1 Å². The van der Waals surface area contributed by atoms with E-state index in [9.17, 15) is 0 Å². The van der Waals surface area contributed by atoms with Crippen LogP contribution in [0, 0.1) is 0 Å². The van der Waals surface area contributed by atoms with Gasteiger partial charge in [-0.15, -0.1) is 5.10 Å². The summed E-state index contributed by atoms with van der Waals surface area (Å²) in [7, 11) is 1.87. The number of ether oxygens (including phenoxy) is 1. The number of hydrogen-bond donors (Lipinski definition) is 1. The fourth-order valence-corrected chi connectivity index (χ4v) is 2.20. The molecule has 0 unspecified atom stereocenters. The van der Waals surface area contributed by atoms with Crippen molar-refractivity contribution in [1.29, 1.82) is 0 Å². The van der Waals surface area contributed by atoms with E-state index in [2.05, 4.69) is 15.5 Å². The second kappa shape index (κ2) is 5.95. The Bertz CT molecular complexity index is 489. The Morgan fingerprint density at radius 3 is 3.06 bits per heavy atom. The highest BCUT2D eigenvalue weighted by molar-refractivity contribution is 7.13. The first-order valence-electron chi connectivity index (χ1n) is 5.12. The summed E-state index contributed by atoms with van der Waals surface area (Å²) in [6.07, 6.45) is 0. The molecule has 2 rings (SSSR count). The zero-order chi connectivity index (χ0) is 12.1. The maximum absolute atomic E-state index is 5.88. The zero-order valence-corrected chi connectivity index (χ0v) is 10.9. The van der Waals surface area contributed by atoms with Crippen LogP contribution in [0.5, 0.6) is 5.19 Å². The third-order valence-electron chi connectivity index (χ3n) is 2.03. The van der Waals surface area contributed by atoms with Crippen molar-refractivity contribution in [2.24, 2.45) is 0 Å². The molecule has 4 nitrogen and oxygen atoms in total. The van der Waals surface area contributed by atoms with Crippen LogP contribution in [0.1, 0.15) is 10.6 Å². The van der Waals surface area contributed by atoms with Gasteiger partial charge in [0, 0.05) is 11.6 Å². The Morgan fingerprint density at radius 2 is 2.29 bits per heavy atom. The Labute approximate surface area is 109 Å². The first-order valence-corrected chi connectivity index (χ1v) is 6.31. The molecule has 0 aliphatic carbocycles. The molecule has 1 heterocycles. The molecular formula is C11H12ClN3OS. The molecule has 0 bridgehead atoms. The van der Waals surface area contributed by atoms with Gasteiger partial charge in [-0.2, -0.15) is 0 Å². The molecule has 0 aliphatic rings. The van der Waals surface area contributed by atoms with Gasteiger partial charge < -0.3 is 10.1 Å². The monoisotopic (exact) mass is 269 g/mol. The van der Waals surface area contributed by atoms with E-state index >= 15 is 0 Å². The summed E-state index contributed by atoms with van der Waals surface area (Å²) >= 11 is 7.32. The summed E-state index contributed by atoms with van der Waals surface area (Å²) < 4.78 is 5.53. The molecule has 1 N–H and O–H groups in total. The van der Waals surface area contributed by atoms with E-state index in [1.54, 1.807) is 0 Å². The van der Waals surface area contributed by atoms with Crippen LogP contribution in [0.3, 0.4) is 0 Å². The fraction of sp³-hybridized carbons (Fsp3) is 0.273. The Kier molecular flexibility index (Phi) is 4.30. The lowest BCUT2D eigenvalue weighted by atomic mass is 10.2. The van der Waals surface area contributed by atoms with Gasteiger partial charge in [-0.1, -0.05) is 40.2 Å². The van der Waals surface area contributed by atoms with Crippen LogP contribution in [0.2, 0.25) is 5.02 Å². The molecule has 0 amide bonds. The summed E-state index contributed by atoms with van der Waals surface area (Å²) in [4.78, 5) is 0. The normalized spacial score (nSPS) is 10.5. The Hall–Kier alpha value is -1.17. The van der Waals surface area contributed by atoms with Crippen molar-refractivity contribution in [2.45, 2.75) is 13.2 Å². The summed E-state index contributed by atoms with van der Waals surface area (Å²) in [5.41, 5.74) is 1.02. The molecule has 0 radical (unpaired) electrons. The first kappa shape index (κ1) is 12.3. The number of aromatic nitrogens is 2. The lowest BCUT2D eigenvalue weighted by Gasteiger charge is -2.01. The highest BCUT2D eigenvalue weighted by Crippen LogP contribution is 2.19. The lowest BCUT2D eigenvalue weighted by molar-refractivity contribution is 0.302. The molecule has 1 aromatic heterocycles. The maximum atomic E-state index is 5.88. The number of nitrogens with zero attached hydrogens (tertiary/aromatic N) is 2. The van der Waals surface area contributed by atoms with Crippen LogP contribution in [0.25, 0.3) is 0 Å². The van der Waals surface area contributed by atoms with Crippen LogP contribution in [-0.2, 0) is 13.2 Å². The maximum Gasteiger partial charge on any atom is 0.294 e. The van der Waals surface area contributed by atoms with Crippen molar-refractivity contribution in [3.63, 3.8) is 0 Å². The van der Waals surface area contributed by atoms with Crippen molar-refractivity contribution < 1.29 is 4.74 Å². The lowest BCUT2D eigenvalue weighted by Crippen LogP contribution is -2.04. The number of nitrogens with one attached hydrogen (secondary N) is 1. The Balaban J connectivity index is 1.93. The van der Waals surface area contributed by atoms with Gasteiger partial charge in [-0.3, -0.25) is 0 Å². The average molecular weight is 270 g/mol. The highest BCUT2D eigenvalue weighted by Gasteiger charge is 2.04. The van der Waals surface area contributed by atoms with Gasteiger partial charge >= 0.3 is 0 Å². The van der Waals surface area contributed by atoms with E-state index in [4.69, 9.17) is 16.3 Å². The van der Waals surface area contributed by atoms with Crippen LogP contribution in [0.4, 0.5) is 0 Å². The molecule has 0 fully saturated rings. The number of halogens is 1. The standard InChI is InChI=1S/C11H12ClN3OS/c1-13-6-10-14-15-11(17-10)16-7-8-3-2-4-9(12)5-8/h2-5,13H,6-7H2,1H3. The minimum Gasteiger partial charge on any atom is -0.464 e. The number of hydrogen-bond acceptors (Lipinski definition) is 5. The van der Waals surface area contributed by atoms with E-state index in [0.717, 1.165) is 10.6 Å². The van der Waals surface area contributed by atoms with E-state index < -0.39 is 0 Å². The van der Waals surface area contributed by atoms with Gasteiger partial charge in [0.05, 0.1) is 0 Å². The molecule has 0 spiro atoms. The average Bonchev–Trinajstić information content (AvgIpc) is 2.75. The fourth-order valence-electron chi connectivity index (χ4n) is 1.29. The van der Waals surface area contributed by atoms with E-state index in [1.807, 2.05) is 31.3 Å². The van der Waals surface area contributed by atoms with Gasteiger partial charge in [0.25, 0.3) is 5.19 Å². The molecule has 90 valence electrons. The molecular weight excluding hydrogens is 258 g/mol. The van der Waals surface area contributed by atoms with Gasteiger partial charge in [-0.25, -0.2) is 0 Å². The largest absolute Gasteiger partial charge is 0.464 e. The molecule has 1 aromatic carbocycles. The third kappa shape index (κ3) is 3.66. The number of rotatable bonds is 5. The zero-order valence-electron chi connectivity index (χ0n) is 9.31. The second-order valence-corrected chi connectivity index (χ2v) is 4.87. The highest BCUT2D eigenvalue weighted by atomic mass is 35.5. The van der Waals surface area contributed by atoms with E-state index in [0.29, 0.717) is 23.4 Å². The van der Waals surface area contributed by atoms with Crippen molar-refractivity contribution in [3.05, 3.63) is 39.9 Å². The summed E-state index contributed by atoms with van der Waals surface area (Å²) in [6.45, 7) is 1.16. The minimum atomic E-state index is 0.453. The van der Waals surface area contributed by atoms with Crippen molar-refractivity contribution >= 4 is 22.9 Å². The first-order chi connectivity index (χ1) is 8.28.